The molecule has 2 aromatic rings. The van der Waals surface area contributed by atoms with Crippen molar-refractivity contribution >= 4 is 16.7 Å². The molecule has 0 amide bonds. The molecular weight excluding hydrogens is 284 g/mol. The molecule has 0 saturated carbocycles. The van der Waals surface area contributed by atoms with Gasteiger partial charge in [-0.1, -0.05) is 13.8 Å². The lowest BCUT2D eigenvalue weighted by molar-refractivity contribution is 0.386. The lowest BCUT2D eigenvalue weighted by Crippen LogP contribution is -2.45. The summed E-state index contributed by atoms with van der Waals surface area (Å²) in [6.45, 7) is 6.11. The highest BCUT2D eigenvalue weighted by atomic mass is 19.1. The highest BCUT2D eigenvalue weighted by Gasteiger charge is 2.20. The molecule has 5 heteroatoms. The number of aromatic nitrogens is 1. The molecule has 1 fully saturated rings. The topological polar surface area (TPSA) is 28.2 Å². The first kappa shape index (κ1) is 15.2. The number of nitrogens with one attached hydrogen (secondary N) is 1. The van der Waals surface area contributed by atoms with E-state index in [-0.39, 0.29) is 0 Å². The summed E-state index contributed by atoms with van der Waals surface area (Å²) in [6.07, 6.45) is 2.10. The number of nitrogens with zero attached hydrogens (tertiary/aromatic N) is 2. The minimum atomic E-state index is -0.588. The van der Waals surface area contributed by atoms with Crippen LogP contribution in [0.15, 0.2) is 24.3 Å². The quantitative estimate of drug-likeness (QED) is 0.941. The van der Waals surface area contributed by atoms with Gasteiger partial charge in [-0.05, 0) is 25.0 Å². The van der Waals surface area contributed by atoms with Gasteiger partial charge in [-0.2, -0.15) is 0 Å². The van der Waals surface area contributed by atoms with Crippen LogP contribution in [0.25, 0.3) is 10.9 Å². The second-order valence-electron chi connectivity index (χ2n) is 6.21. The van der Waals surface area contributed by atoms with Crippen LogP contribution in [0.3, 0.4) is 0 Å². The molecule has 1 aliphatic rings. The van der Waals surface area contributed by atoms with Crippen LogP contribution in [0.5, 0.6) is 0 Å². The second kappa shape index (κ2) is 6.16. The lowest BCUT2D eigenvalue weighted by atomic mass is 10.0. The summed E-state index contributed by atoms with van der Waals surface area (Å²) in [5.41, 5.74) is 0.373. The van der Waals surface area contributed by atoms with Gasteiger partial charge in [0.15, 0.2) is 0 Å². The molecule has 1 aromatic heterocycles. The summed E-state index contributed by atoms with van der Waals surface area (Å²) in [4.78, 5) is 6.61. The van der Waals surface area contributed by atoms with Crippen molar-refractivity contribution in [3.63, 3.8) is 0 Å². The van der Waals surface area contributed by atoms with Crippen molar-refractivity contribution in [1.29, 1.82) is 0 Å². The monoisotopic (exact) mass is 305 g/mol. The molecule has 118 valence electrons. The normalized spacial score (nSPS) is 16.7. The molecule has 0 radical (unpaired) electrons. The fraction of sp³-hybridized carbons (Fsp3) is 0.471. The minimum absolute atomic E-state index is 0.363. The summed E-state index contributed by atoms with van der Waals surface area (Å²) in [7, 11) is 0. The lowest BCUT2D eigenvalue weighted by Gasteiger charge is -2.34. The third kappa shape index (κ3) is 3.19. The average molecular weight is 305 g/mol. The highest BCUT2D eigenvalue weighted by Crippen LogP contribution is 2.24. The molecule has 22 heavy (non-hydrogen) atoms. The third-order valence-corrected chi connectivity index (χ3v) is 4.09. The minimum Gasteiger partial charge on any atom is -0.356 e. The zero-order valence-electron chi connectivity index (χ0n) is 12.9. The molecule has 1 aliphatic heterocycles. The number of pyridine rings is 1. The Kier molecular flexibility index (Phi) is 4.25. The first-order valence-electron chi connectivity index (χ1n) is 7.80. The number of rotatable bonds is 3. The van der Waals surface area contributed by atoms with Crippen molar-refractivity contribution < 1.29 is 8.78 Å². The van der Waals surface area contributed by atoms with E-state index in [2.05, 4.69) is 29.0 Å². The van der Waals surface area contributed by atoms with Crippen molar-refractivity contribution in [3.05, 3.63) is 35.9 Å². The standard InChI is InChI=1S/C17H21F2N3/c1-11(2)20-13-5-7-22(8-6-13)17-4-3-14-15(19)9-12(18)10-16(14)21-17/h3-4,9-11,13,20H,5-8H2,1-2H3. The Morgan fingerprint density at radius 1 is 1.18 bits per heavy atom. The van der Waals surface area contributed by atoms with Gasteiger partial charge in [0.05, 0.1) is 5.52 Å². The smallest absolute Gasteiger partial charge is 0.135 e. The van der Waals surface area contributed by atoms with Gasteiger partial charge in [-0.3, -0.25) is 0 Å². The van der Waals surface area contributed by atoms with Crippen LogP contribution in [0.1, 0.15) is 26.7 Å². The molecule has 0 spiro atoms. The first-order chi connectivity index (χ1) is 10.5. The van der Waals surface area contributed by atoms with Gasteiger partial charge in [0, 0.05) is 42.7 Å². The van der Waals surface area contributed by atoms with Gasteiger partial charge in [0.2, 0.25) is 0 Å². The van der Waals surface area contributed by atoms with Crippen molar-refractivity contribution in [1.82, 2.24) is 10.3 Å². The van der Waals surface area contributed by atoms with Gasteiger partial charge in [0.1, 0.15) is 17.5 Å². The van der Waals surface area contributed by atoms with Crippen LogP contribution in [-0.4, -0.2) is 30.2 Å². The molecule has 1 saturated heterocycles. The van der Waals surface area contributed by atoms with Crippen molar-refractivity contribution in [2.45, 2.75) is 38.8 Å². The van der Waals surface area contributed by atoms with E-state index in [1.807, 2.05) is 6.07 Å². The van der Waals surface area contributed by atoms with E-state index in [0.717, 1.165) is 37.8 Å². The molecule has 1 N–H and O–H groups in total. The molecule has 3 rings (SSSR count). The van der Waals surface area contributed by atoms with Crippen molar-refractivity contribution in [2.24, 2.45) is 0 Å². The SMILES string of the molecule is CC(C)NC1CCN(c2ccc3c(F)cc(F)cc3n2)CC1. The molecule has 3 nitrogen and oxygen atoms in total. The zero-order valence-corrected chi connectivity index (χ0v) is 12.9. The maximum atomic E-state index is 13.7. The van der Waals surface area contributed by atoms with E-state index in [4.69, 9.17) is 0 Å². The maximum Gasteiger partial charge on any atom is 0.135 e. The van der Waals surface area contributed by atoms with E-state index in [0.29, 0.717) is 23.0 Å². The number of halogens is 2. The summed E-state index contributed by atoms with van der Waals surface area (Å²) < 4.78 is 27.0. The number of piperidine rings is 1. The Labute approximate surface area is 129 Å². The van der Waals surface area contributed by atoms with Crippen LogP contribution < -0.4 is 10.2 Å². The van der Waals surface area contributed by atoms with Crippen LogP contribution in [0.2, 0.25) is 0 Å². The number of anilines is 1. The van der Waals surface area contributed by atoms with E-state index in [9.17, 15) is 8.78 Å². The van der Waals surface area contributed by atoms with E-state index in [1.165, 1.54) is 6.07 Å². The number of fused-ring (bicyclic) bond motifs is 1. The summed E-state index contributed by atoms with van der Waals surface area (Å²) in [5, 5.41) is 3.91. The van der Waals surface area contributed by atoms with E-state index in [1.54, 1.807) is 6.07 Å². The number of benzene rings is 1. The second-order valence-corrected chi connectivity index (χ2v) is 6.21. The first-order valence-corrected chi connectivity index (χ1v) is 7.80. The molecule has 2 heterocycles. The Balaban J connectivity index is 1.77. The van der Waals surface area contributed by atoms with Crippen LogP contribution >= 0.6 is 0 Å². The number of hydrogen-bond acceptors (Lipinski definition) is 3. The molecule has 0 aliphatic carbocycles. The maximum absolute atomic E-state index is 13.7. The molecule has 1 aromatic carbocycles. The Morgan fingerprint density at radius 3 is 2.59 bits per heavy atom. The predicted molar refractivity (Wildman–Crippen MR) is 85.2 cm³/mol. The molecule has 0 unspecified atom stereocenters. The summed E-state index contributed by atoms with van der Waals surface area (Å²) >= 11 is 0. The summed E-state index contributed by atoms with van der Waals surface area (Å²) in [5.74, 6) is -0.358. The Morgan fingerprint density at radius 2 is 1.91 bits per heavy atom. The van der Waals surface area contributed by atoms with E-state index < -0.39 is 11.6 Å². The predicted octanol–water partition coefficient (Wildman–Crippen LogP) is 3.48. The third-order valence-electron chi connectivity index (χ3n) is 4.09. The number of hydrogen-bond donors (Lipinski definition) is 1. The van der Waals surface area contributed by atoms with Crippen molar-refractivity contribution in [3.8, 4) is 0 Å². The van der Waals surface area contributed by atoms with Crippen LogP contribution in [0, 0.1) is 11.6 Å². The Bertz CT molecular complexity index is 664. The largest absolute Gasteiger partial charge is 0.356 e. The fourth-order valence-corrected chi connectivity index (χ4v) is 3.07. The van der Waals surface area contributed by atoms with Gasteiger partial charge in [-0.25, -0.2) is 13.8 Å². The van der Waals surface area contributed by atoms with Gasteiger partial charge in [0.25, 0.3) is 0 Å². The van der Waals surface area contributed by atoms with Crippen LogP contribution in [-0.2, 0) is 0 Å². The molecular formula is C17H21F2N3. The fourth-order valence-electron chi connectivity index (χ4n) is 3.07. The van der Waals surface area contributed by atoms with Crippen LogP contribution in [0.4, 0.5) is 14.6 Å². The van der Waals surface area contributed by atoms with E-state index >= 15 is 0 Å². The highest BCUT2D eigenvalue weighted by molar-refractivity contribution is 5.81. The average Bonchev–Trinajstić information content (AvgIpc) is 2.46. The molecule has 0 atom stereocenters. The van der Waals surface area contributed by atoms with Gasteiger partial charge < -0.3 is 10.2 Å². The van der Waals surface area contributed by atoms with Crippen molar-refractivity contribution in [2.75, 3.05) is 18.0 Å². The van der Waals surface area contributed by atoms with Gasteiger partial charge >= 0.3 is 0 Å². The Hall–Kier alpha value is -1.75. The molecule has 0 bridgehead atoms. The summed E-state index contributed by atoms with van der Waals surface area (Å²) in [6, 6.07) is 6.71. The zero-order chi connectivity index (χ0) is 15.7. The van der Waals surface area contributed by atoms with Gasteiger partial charge in [-0.15, -0.1) is 0 Å².